The van der Waals surface area contributed by atoms with Gasteiger partial charge >= 0.3 is 0 Å². The molecule has 1 aliphatic rings. The lowest BCUT2D eigenvalue weighted by Gasteiger charge is -1.97. The summed E-state index contributed by atoms with van der Waals surface area (Å²) >= 11 is 0. The van der Waals surface area contributed by atoms with Crippen molar-refractivity contribution < 1.29 is 0 Å². The quantitative estimate of drug-likeness (QED) is 0.482. The molecule has 78 valence electrons. The number of hydrogen-bond acceptors (Lipinski definition) is 0. The Kier molecular flexibility index (Phi) is 7.10. The summed E-state index contributed by atoms with van der Waals surface area (Å²) in [5, 5.41) is 0. The Morgan fingerprint density at radius 3 is 1.71 bits per heavy atom. The first-order valence-electron chi connectivity index (χ1n) is 5.97. The predicted molar refractivity (Wildman–Crippen MR) is 64.4 cm³/mol. The smallest absolute Gasteiger partial charge is 0.0313 e. The van der Waals surface area contributed by atoms with E-state index in [0.29, 0.717) is 0 Å². The molecule has 14 heavy (non-hydrogen) atoms. The average molecular weight is 190 g/mol. The van der Waals surface area contributed by atoms with Crippen LogP contribution in [0.5, 0.6) is 0 Å². The van der Waals surface area contributed by atoms with Gasteiger partial charge in [0.05, 0.1) is 0 Å². The first-order chi connectivity index (χ1) is 7.00. The van der Waals surface area contributed by atoms with E-state index in [1.165, 1.54) is 51.4 Å². The minimum Gasteiger partial charge on any atom is -0.0885 e. The molecule has 0 aromatic carbocycles. The van der Waals surface area contributed by atoms with E-state index in [1.807, 2.05) is 0 Å². The molecule has 0 heterocycles. The highest BCUT2D eigenvalue weighted by Gasteiger charge is 1.87. The van der Waals surface area contributed by atoms with Gasteiger partial charge < -0.3 is 0 Å². The Hall–Kier alpha value is -0.780. The summed E-state index contributed by atoms with van der Waals surface area (Å²) in [6.45, 7) is 0. The molecule has 0 aromatic heterocycles. The second kappa shape index (κ2) is 8.80. The van der Waals surface area contributed by atoms with Crippen molar-refractivity contribution in [2.24, 2.45) is 0 Å². The van der Waals surface area contributed by atoms with E-state index in [9.17, 15) is 0 Å². The second-order valence-corrected chi connectivity index (χ2v) is 3.90. The summed E-state index contributed by atoms with van der Waals surface area (Å²) in [5.41, 5.74) is 0. The molecule has 0 radical (unpaired) electrons. The summed E-state index contributed by atoms with van der Waals surface area (Å²) in [7, 11) is 0. The molecule has 0 bridgehead atoms. The van der Waals surface area contributed by atoms with E-state index in [-0.39, 0.29) is 0 Å². The van der Waals surface area contributed by atoms with Gasteiger partial charge in [0, 0.05) is 0 Å². The van der Waals surface area contributed by atoms with E-state index in [2.05, 4.69) is 36.5 Å². The maximum Gasteiger partial charge on any atom is -0.0313 e. The van der Waals surface area contributed by atoms with Gasteiger partial charge in [-0.25, -0.2) is 0 Å². The molecule has 0 saturated carbocycles. The molecule has 1 aliphatic carbocycles. The van der Waals surface area contributed by atoms with E-state index in [0.717, 1.165) is 0 Å². The minimum atomic E-state index is 1.18. The highest BCUT2D eigenvalue weighted by Crippen LogP contribution is 2.07. The van der Waals surface area contributed by atoms with Crippen molar-refractivity contribution in [3.63, 3.8) is 0 Å². The molecular formula is C14H22. The largest absolute Gasteiger partial charge is 0.0885 e. The van der Waals surface area contributed by atoms with Gasteiger partial charge in [0.15, 0.2) is 0 Å². The third-order valence-electron chi connectivity index (χ3n) is 2.54. The topological polar surface area (TPSA) is 0 Å². The molecule has 0 N–H and O–H groups in total. The maximum atomic E-state index is 2.34. The SMILES string of the molecule is C1=C\CC/C=C\CCCCCC\C=C/1. The molecule has 0 atom stereocenters. The Bertz CT molecular complexity index is 196. The molecule has 1 rings (SSSR count). The Morgan fingerprint density at radius 2 is 0.929 bits per heavy atom. The van der Waals surface area contributed by atoms with Crippen molar-refractivity contribution in [2.75, 3.05) is 0 Å². The Morgan fingerprint density at radius 1 is 0.429 bits per heavy atom. The van der Waals surface area contributed by atoms with Gasteiger partial charge in [0.1, 0.15) is 0 Å². The number of hydrogen-bond donors (Lipinski definition) is 0. The minimum absolute atomic E-state index is 1.18. The van der Waals surface area contributed by atoms with Crippen LogP contribution in [-0.2, 0) is 0 Å². The van der Waals surface area contributed by atoms with Crippen LogP contribution >= 0.6 is 0 Å². The van der Waals surface area contributed by atoms with Gasteiger partial charge in [-0.1, -0.05) is 49.3 Å². The number of rotatable bonds is 0. The summed E-state index contributed by atoms with van der Waals surface area (Å²) in [6, 6.07) is 0. The molecule has 0 unspecified atom stereocenters. The van der Waals surface area contributed by atoms with Crippen molar-refractivity contribution >= 4 is 0 Å². The second-order valence-electron chi connectivity index (χ2n) is 3.90. The lowest BCUT2D eigenvalue weighted by molar-refractivity contribution is 0.652. The van der Waals surface area contributed by atoms with E-state index in [4.69, 9.17) is 0 Å². The number of allylic oxidation sites excluding steroid dienone is 6. The zero-order valence-electron chi connectivity index (χ0n) is 9.12. The molecule has 0 amide bonds. The van der Waals surface area contributed by atoms with Crippen LogP contribution in [0.15, 0.2) is 36.5 Å². The third kappa shape index (κ3) is 6.71. The summed E-state index contributed by atoms with van der Waals surface area (Å²) in [6.07, 6.45) is 24.0. The molecule has 0 fully saturated rings. The van der Waals surface area contributed by atoms with Gasteiger partial charge in [0.25, 0.3) is 0 Å². The third-order valence-corrected chi connectivity index (χ3v) is 2.54. The Balaban J connectivity index is 2.26. The van der Waals surface area contributed by atoms with Crippen LogP contribution in [0.1, 0.15) is 51.4 Å². The highest BCUT2D eigenvalue weighted by atomic mass is 13.9. The van der Waals surface area contributed by atoms with E-state index in [1.54, 1.807) is 0 Å². The molecule has 0 aromatic rings. The molecule has 0 spiro atoms. The maximum absolute atomic E-state index is 2.34. The highest BCUT2D eigenvalue weighted by molar-refractivity contribution is 5.02. The monoisotopic (exact) mass is 190 g/mol. The van der Waals surface area contributed by atoms with Crippen LogP contribution in [-0.4, -0.2) is 0 Å². The van der Waals surface area contributed by atoms with Crippen molar-refractivity contribution in [3.05, 3.63) is 36.5 Å². The van der Waals surface area contributed by atoms with Crippen LogP contribution < -0.4 is 0 Å². The fourth-order valence-corrected chi connectivity index (χ4v) is 1.66. The summed E-state index contributed by atoms with van der Waals surface area (Å²) < 4.78 is 0. The molecular weight excluding hydrogens is 168 g/mol. The zero-order chi connectivity index (χ0) is 9.90. The fraction of sp³-hybridized carbons (Fsp3) is 0.571. The van der Waals surface area contributed by atoms with Crippen molar-refractivity contribution in [2.45, 2.75) is 51.4 Å². The van der Waals surface area contributed by atoms with Crippen molar-refractivity contribution in [1.82, 2.24) is 0 Å². The van der Waals surface area contributed by atoms with E-state index < -0.39 is 0 Å². The lowest BCUT2D eigenvalue weighted by Crippen LogP contribution is -1.77. The summed E-state index contributed by atoms with van der Waals surface area (Å²) in [4.78, 5) is 0. The van der Waals surface area contributed by atoms with E-state index >= 15 is 0 Å². The van der Waals surface area contributed by atoms with Gasteiger partial charge in [-0.2, -0.15) is 0 Å². The lowest BCUT2D eigenvalue weighted by atomic mass is 10.1. The summed E-state index contributed by atoms with van der Waals surface area (Å²) in [5.74, 6) is 0. The first kappa shape index (κ1) is 11.3. The predicted octanol–water partition coefficient (Wildman–Crippen LogP) is 4.79. The van der Waals surface area contributed by atoms with Gasteiger partial charge in [0.2, 0.25) is 0 Å². The molecule has 0 saturated heterocycles. The van der Waals surface area contributed by atoms with Gasteiger partial charge in [-0.15, -0.1) is 0 Å². The zero-order valence-corrected chi connectivity index (χ0v) is 9.12. The van der Waals surface area contributed by atoms with Crippen LogP contribution in [0.2, 0.25) is 0 Å². The average Bonchev–Trinajstić information content (AvgIpc) is 2.22. The first-order valence-corrected chi connectivity index (χ1v) is 5.97. The standard InChI is InChI=1S/C14H22/c1-2-4-6-8-10-12-14-13-11-9-7-5-3-1/h1-4,9,11H,5-8,10,12-14H2/b3-1-,4-2-,11-9-. The van der Waals surface area contributed by atoms with Crippen LogP contribution in [0.4, 0.5) is 0 Å². The van der Waals surface area contributed by atoms with Crippen molar-refractivity contribution in [3.8, 4) is 0 Å². The van der Waals surface area contributed by atoms with Crippen LogP contribution in [0, 0.1) is 0 Å². The molecule has 0 heteroatoms. The molecule has 0 nitrogen and oxygen atoms in total. The Labute approximate surface area is 88.4 Å². The van der Waals surface area contributed by atoms with Gasteiger partial charge in [-0.3, -0.25) is 0 Å². The van der Waals surface area contributed by atoms with Gasteiger partial charge in [-0.05, 0) is 38.5 Å². The van der Waals surface area contributed by atoms with Crippen molar-refractivity contribution in [1.29, 1.82) is 0 Å². The normalized spacial score (nSPS) is 27.4. The molecule has 0 aliphatic heterocycles. The van der Waals surface area contributed by atoms with Crippen LogP contribution in [0.3, 0.4) is 0 Å². The fourth-order valence-electron chi connectivity index (χ4n) is 1.66. The van der Waals surface area contributed by atoms with Crippen LogP contribution in [0.25, 0.3) is 0 Å².